The van der Waals surface area contributed by atoms with Crippen molar-refractivity contribution in [1.29, 1.82) is 0 Å². The molecule has 0 radical (unpaired) electrons. The normalized spacial score (nSPS) is 18.4. The van der Waals surface area contributed by atoms with Crippen LogP contribution in [0.3, 0.4) is 0 Å². The maximum absolute atomic E-state index is 14.7. The lowest BCUT2D eigenvalue weighted by Crippen LogP contribution is -2.58. The van der Waals surface area contributed by atoms with Gasteiger partial charge in [0, 0.05) is 55.6 Å². The van der Waals surface area contributed by atoms with Crippen molar-refractivity contribution in [2.24, 2.45) is 0 Å². The maximum Gasteiger partial charge on any atom is 0.258 e. The van der Waals surface area contributed by atoms with Crippen molar-refractivity contribution in [3.63, 3.8) is 0 Å². The van der Waals surface area contributed by atoms with Crippen LogP contribution < -0.4 is 25.8 Å². The van der Waals surface area contributed by atoms with Gasteiger partial charge in [-0.05, 0) is 59.7 Å². The third-order valence-electron chi connectivity index (χ3n) is 8.05. The van der Waals surface area contributed by atoms with E-state index in [1.165, 1.54) is 29.7 Å². The zero-order valence-corrected chi connectivity index (χ0v) is 25.8. The molecule has 6 bridgehead atoms. The number of nitrogens with zero attached hydrogens (tertiary/aromatic N) is 3. The highest BCUT2D eigenvalue weighted by molar-refractivity contribution is 7.22. The molecule has 2 aliphatic heterocycles. The molecule has 47 heavy (non-hydrogen) atoms. The molecule has 0 aliphatic carbocycles. The van der Waals surface area contributed by atoms with Crippen molar-refractivity contribution in [2.45, 2.75) is 25.1 Å². The van der Waals surface area contributed by atoms with Crippen molar-refractivity contribution in [3.8, 4) is 22.6 Å². The van der Waals surface area contributed by atoms with Crippen LogP contribution in [-0.2, 0) is 11.3 Å². The number of ether oxygens (including phenoxy) is 2. The van der Waals surface area contributed by atoms with E-state index in [9.17, 15) is 18.8 Å². The molecule has 2 aromatic heterocycles. The molecular formula is C34H29FN6O5S. The highest BCUT2D eigenvalue weighted by atomic mass is 32.1. The Hall–Kier alpha value is -5.56. The number of piperidine rings is 1. The first-order valence-electron chi connectivity index (χ1n) is 14.9. The lowest BCUT2D eigenvalue weighted by atomic mass is 9.99. The van der Waals surface area contributed by atoms with Crippen molar-refractivity contribution >= 4 is 44.4 Å². The average molecular weight is 653 g/mol. The minimum Gasteiger partial charge on any atom is -0.488 e. The molecule has 0 unspecified atom stereocenters. The van der Waals surface area contributed by atoms with Crippen LogP contribution in [0.2, 0.25) is 0 Å². The minimum absolute atomic E-state index is 0.0515. The Kier molecular flexibility index (Phi) is 8.12. The van der Waals surface area contributed by atoms with Gasteiger partial charge in [0.15, 0.2) is 11.7 Å². The third kappa shape index (κ3) is 6.70. The van der Waals surface area contributed by atoms with Gasteiger partial charge in [-0.15, -0.1) is 0 Å². The van der Waals surface area contributed by atoms with Gasteiger partial charge in [0.2, 0.25) is 0 Å². The van der Waals surface area contributed by atoms with E-state index in [1.54, 1.807) is 53.6 Å². The van der Waals surface area contributed by atoms with Gasteiger partial charge in [-0.2, -0.15) is 0 Å². The summed E-state index contributed by atoms with van der Waals surface area (Å²) in [4.78, 5) is 50.2. The van der Waals surface area contributed by atoms with Gasteiger partial charge in [-0.3, -0.25) is 19.4 Å². The summed E-state index contributed by atoms with van der Waals surface area (Å²) in [5, 5.41) is 6.21. The largest absolute Gasteiger partial charge is 0.488 e. The quantitative estimate of drug-likeness (QED) is 0.244. The van der Waals surface area contributed by atoms with Gasteiger partial charge >= 0.3 is 0 Å². The number of anilines is 1. The van der Waals surface area contributed by atoms with E-state index in [4.69, 9.17) is 15.2 Å². The molecule has 5 aromatic rings. The van der Waals surface area contributed by atoms with Crippen molar-refractivity contribution in [2.75, 3.05) is 25.4 Å². The van der Waals surface area contributed by atoms with Gasteiger partial charge in [0.1, 0.15) is 23.4 Å². The number of halogens is 1. The molecule has 4 heterocycles. The van der Waals surface area contributed by atoms with Crippen molar-refractivity contribution in [3.05, 3.63) is 102 Å². The Morgan fingerprint density at radius 1 is 1.00 bits per heavy atom. The lowest BCUT2D eigenvalue weighted by Gasteiger charge is -2.39. The number of fused-ring (bicyclic) bond motifs is 9. The van der Waals surface area contributed by atoms with Crippen molar-refractivity contribution in [1.82, 2.24) is 25.5 Å². The second-order valence-electron chi connectivity index (χ2n) is 11.4. The van der Waals surface area contributed by atoms with Crippen LogP contribution in [0.5, 0.6) is 11.5 Å². The molecule has 3 amide bonds. The predicted molar refractivity (Wildman–Crippen MR) is 174 cm³/mol. The summed E-state index contributed by atoms with van der Waals surface area (Å²) < 4.78 is 27.6. The number of carbonyl (C=O) groups excluding carboxylic acids is 3. The average Bonchev–Trinajstić information content (AvgIpc) is 3.45. The second-order valence-corrected chi connectivity index (χ2v) is 12.4. The maximum atomic E-state index is 14.7. The fourth-order valence-electron chi connectivity index (χ4n) is 5.76. The number of hydrogen-bond donors (Lipinski definition) is 3. The summed E-state index contributed by atoms with van der Waals surface area (Å²) in [5.41, 5.74) is 9.14. The van der Waals surface area contributed by atoms with Gasteiger partial charge in [-0.1, -0.05) is 23.5 Å². The SMILES string of the molecule is Nc1nc2cc(C(=O)N3CC[C@@H]4Oc5cc(F)cc(c5)CNC(=O)COc5cccc(c5)-c5cncc(c5)C(=O)N[C@@H]4C3)ccc2s1. The summed E-state index contributed by atoms with van der Waals surface area (Å²) in [6.45, 7) is 0.277. The van der Waals surface area contributed by atoms with Crippen LogP contribution in [0, 0.1) is 5.82 Å². The molecule has 238 valence electrons. The number of nitrogens with two attached hydrogens (primary N) is 1. The van der Waals surface area contributed by atoms with Gasteiger partial charge in [0.25, 0.3) is 17.7 Å². The van der Waals surface area contributed by atoms with E-state index < -0.39 is 23.9 Å². The Labute approximate surface area is 272 Å². The minimum atomic E-state index is -0.660. The van der Waals surface area contributed by atoms with Gasteiger partial charge in [0.05, 0.1) is 21.8 Å². The molecule has 7 rings (SSSR count). The zero-order valence-electron chi connectivity index (χ0n) is 24.9. The molecule has 1 saturated heterocycles. The predicted octanol–water partition coefficient (Wildman–Crippen LogP) is 4.18. The summed E-state index contributed by atoms with van der Waals surface area (Å²) in [6.07, 6.45) is 2.84. The summed E-state index contributed by atoms with van der Waals surface area (Å²) in [6, 6.07) is 17.6. The molecule has 2 atom stereocenters. The number of rotatable bonds is 1. The third-order valence-corrected chi connectivity index (χ3v) is 8.92. The molecule has 13 heteroatoms. The highest BCUT2D eigenvalue weighted by Crippen LogP contribution is 2.28. The zero-order chi connectivity index (χ0) is 32.5. The summed E-state index contributed by atoms with van der Waals surface area (Å²) in [5.74, 6) is -0.867. The van der Waals surface area contributed by atoms with E-state index in [1.807, 2.05) is 12.1 Å². The molecule has 11 nitrogen and oxygen atoms in total. The molecular weight excluding hydrogens is 623 g/mol. The van der Waals surface area contributed by atoms with Crippen LogP contribution in [0.1, 0.15) is 32.7 Å². The number of carbonyl (C=O) groups is 3. The van der Waals surface area contributed by atoms with Crippen LogP contribution in [-0.4, -0.2) is 64.4 Å². The Balaban J connectivity index is 1.21. The number of thiazole rings is 1. The number of nitrogen functional groups attached to an aromatic ring is 1. The molecule has 3 aromatic carbocycles. The Morgan fingerprint density at radius 2 is 1.87 bits per heavy atom. The van der Waals surface area contributed by atoms with E-state index in [2.05, 4.69) is 20.6 Å². The number of nitrogens with one attached hydrogen (secondary N) is 2. The van der Waals surface area contributed by atoms with Crippen molar-refractivity contribution < 1.29 is 28.2 Å². The molecule has 0 saturated carbocycles. The molecule has 1 fully saturated rings. The monoisotopic (exact) mass is 652 g/mol. The van der Waals surface area contributed by atoms with E-state index in [-0.39, 0.29) is 37.3 Å². The Morgan fingerprint density at radius 3 is 2.77 bits per heavy atom. The van der Waals surface area contributed by atoms with Gasteiger partial charge < -0.3 is 30.7 Å². The smallest absolute Gasteiger partial charge is 0.258 e. The molecule has 2 aliphatic rings. The number of aromatic nitrogens is 2. The topological polar surface area (TPSA) is 149 Å². The fraction of sp³-hybridized carbons (Fsp3) is 0.206. The van der Waals surface area contributed by atoms with E-state index in [0.717, 1.165) is 10.3 Å². The number of likely N-dealkylation sites (tertiary alicyclic amines) is 1. The lowest BCUT2D eigenvalue weighted by molar-refractivity contribution is -0.123. The van der Waals surface area contributed by atoms with E-state index in [0.29, 0.717) is 51.6 Å². The number of benzene rings is 3. The van der Waals surface area contributed by atoms with Gasteiger partial charge in [-0.25, -0.2) is 9.37 Å². The summed E-state index contributed by atoms with van der Waals surface area (Å²) >= 11 is 1.34. The first-order chi connectivity index (χ1) is 22.8. The molecule has 4 N–H and O–H groups in total. The van der Waals surface area contributed by atoms with Crippen LogP contribution in [0.4, 0.5) is 9.52 Å². The van der Waals surface area contributed by atoms with Crippen LogP contribution in [0.25, 0.3) is 21.3 Å². The standard InChI is InChI=1S/C34H29FN6O5S/c35-24-8-19-9-26(13-24)46-29-6-7-41(33(44)21-4-5-30-27(12-21)40-34(36)47-30)17-28(29)39-32(43)23-10-22(15-37-16-23)20-2-1-3-25(11-20)45-18-31(42)38-14-19/h1-5,8-13,15-16,28-29H,6-7,14,17-18H2,(H2,36,40)(H,38,42)(H,39,43)/t28-,29+/m1/s1. The number of hydrogen-bond acceptors (Lipinski definition) is 9. The summed E-state index contributed by atoms with van der Waals surface area (Å²) in [7, 11) is 0. The number of amides is 3. The first-order valence-corrected chi connectivity index (χ1v) is 15.8. The first kappa shape index (κ1) is 30.1. The molecule has 0 spiro atoms. The Bertz CT molecular complexity index is 2020. The second kappa shape index (κ2) is 12.7. The number of pyridine rings is 1. The highest BCUT2D eigenvalue weighted by Gasteiger charge is 2.35. The van der Waals surface area contributed by atoms with Crippen LogP contribution >= 0.6 is 11.3 Å². The van der Waals surface area contributed by atoms with E-state index >= 15 is 0 Å². The fourth-order valence-corrected chi connectivity index (χ4v) is 6.48. The van der Waals surface area contributed by atoms with Crippen LogP contribution in [0.15, 0.2) is 79.1 Å².